The third kappa shape index (κ3) is 4.31. The van der Waals surface area contributed by atoms with Crippen LogP contribution in [0.5, 0.6) is 11.5 Å². The molecule has 0 N–H and O–H groups in total. The summed E-state index contributed by atoms with van der Waals surface area (Å²) in [5.74, 6) is 2.48. The molecule has 32 heavy (non-hydrogen) atoms. The van der Waals surface area contributed by atoms with Crippen LogP contribution in [0.15, 0.2) is 41.6 Å². The summed E-state index contributed by atoms with van der Waals surface area (Å²) in [4.78, 5) is 2.44. The van der Waals surface area contributed by atoms with Crippen LogP contribution in [0.4, 0.5) is 4.39 Å². The number of halogens is 2. The highest BCUT2D eigenvalue weighted by Gasteiger charge is 2.26. The van der Waals surface area contributed by atoms with Gasteiger partial charge in [0.05, 0.1) is 11.1 Å². The van der Waals surface area contributed by atoms with Crippen LogP contribution in [0.3, 0.4) is 0 Å². The van der Waals surface area contributed by atoms with Gasteiger partial charge in [-0.2, -0.15) is 0 Å². The Morgan fingerprint density at radius 1 is 1.09 bits per heavy atom. The molecule has 2 aromatic carbocycles. The van der Waals surface area contributed by atoms with Gasteiger partial charge in [0.25, 0.3) is 0 Å². The van der Waals surface area contributed by atoms with Crippen LogP contribution < -0.4 is 9.47 Å². The zero-order chi connectivity index (χ0) is 22.1. The topological polar surface area (TPSA) is 52.4 Å². The summed E-state index contributed by atoms with van der Waals surface area (Å²) in [6.07, 6.45) is 3.66. The Balaban J connectivity index is 1.44. The molecule has 0 spiro atoms. The molecule has 1 saturated heterocycles. The minimum atomic E-state index is -0.267. The van der Waals surface area contributed by atoms with Gasteiger partial charge in [0.15, 0.2) is 22.5 Å². The molecular formula is C23H24ClFN4O2S. The van der Waals surface area contributed by atoms with Crippen molar-refractivity contribution in [1.29, 1.82) is 0 Å². The van der Waals surface area contributed by atoms with E-state index >= 15 is 0 Å². The van der Waals surface area contributed by atoms with Gasteiger partial charge in [-0.3, -0.25) is 9.47 Å². The molecule has 1 fully saturated rings. The Bertz CT molecular complexity index is 1100. The maximum absolute atomic E-state index is 13.6. The van der Waals surface area contributed by atoms with Crippen molar-refractivity contribution in [3.63, 3.8) is 0 Å². The molecule has 168 valence electrons. The van der Waals surface area contributed by atoms with Gasteiger partial charge in [-0.15, -0.1) is 10.2 Å². The molecular weight excluding hydrogens is 451 g/mol. The highest BCUT2D eigenvalue weighted by Crippen LogP contribution is 2.41. The number of hydrogen-bond donors (Lipinski definition) is 0. The smallest absolute Gasteiger partial charge is 0.231 e. The second-order valence-electron chi connectivity index (χ2n) is 8.03. The third-order valence-corrected chi connectivity index (χ3v) is 7.19. The van der Waals surface area contributed by atoms with Crippen LogP contribution in [-0.2, 0) is 5.75 Å². The SMILES string of the molecule is CC(c1nnc(SCc2cc(Cl)c3c(c2)OCO3)n1-c1ccc(F)cc1)N1CCCCC1. The number of thioether (sulfide) groups is 1. The van der Waals surface area contributed by atoms with Crippen molar-refractivity contribution in [1.82, 2.24) is 19.7 Å². The van der Waals surface area contributed by atoms with E-state index in [4.69, 9.17) is 21.1 Å². The van der Waals surface area contributed by atoms with Crippen molar-refractivity contribution in [2.24, 2.45) is 0 Å². The largest absolute Gasteiger partial charge is 0.454 e. The Morgan fingerprint density at radius 3 is 2.66 bits per heavy atom. The molecule has 6 nitrogen and oxygen atoms in total. The van der Waals surface area contributed by atoms with Crippen molar-refractivity contribution in [3.05, 3.63) is 58.6 Å². The predicted octanol–water partition coefficient (Wildman–Crippen LogP) is 5.63. The molecule has 2 aliphatic rings. The number of benzene rings is 2. The fraction of sp³-hybridized carbons (Fsp3) is 0.391. The number of fused-ring (bicyclic) bond motifs is 1. The highest BCUT2D eigenvalue weighted by molar-refractivity contribution is 7.98. The summed E-state index contributed by atoms with van der Waals surface area (Å²) < 4.78 is 26.5. The molecule has 1 unspecified atom stereocenters. The number of likely N-dealkylation sites (tertiary alicyclic amines) is 1. The summed E-state index contributed by atoms with van der Waals surface area (Å²) in [5, 5.41) is 10.4. The number of aromatic nitrogens is 3. The average Bonchev–Trinajstić information content (AvgIpc) is 3.46. The fourth-order valence-electron chi connectivity index (χ4n) is 4.20. The molecule has 0 amide bonds. The monoisotopic (exact) mass is 474 g/mol. The van der Waals surface area contributed by atoms with Crippen molar-refractivity contribution < 1.29 is 13.9 Å². The fourth-order valence-corrected chi connectivity index (χ4v) is 5.38. The Morgan fingerprint density at radius 2 is 1.88 bits per heavy atom. The quantitative estimate of drug-likeness (QED) is 0.432. The average molecular weight is 475 g/mol. The first-order valence-corrected chi connectivity index (χ1v) is 12.1. The lowest BCUT2D eigenvalue weighted by Crippen LogP contribution is -2.33. The Hall–Kier alpha value is -2.29. The van der Waals surface area contributed by atoms with Gasteiger partial charge in [0, 0.05) is 11.4 Å². The summed E-state index contributed by atoms with van der Waals surface area (Å²) in [7, 11) is 0. The second-order valence-corrected chi connectivity index (χ2v) is 9.38. The van der Waals surface area contributed by atoms with E-state index in [0.29, 0.717) is 22.3 Å². The van der Waals surface area contributed by atoms with E-state index in [-0.39, 0.29) is 18.7 Å². The van der Waals surface area contributed by atoms with Gasteiger partial charge in [-0.05, 0) is 74.8 Å². The van der Waals surface area contributed by atoms with Gasteiger partial charge in [0.1, 0.15) is 5.82 Å². The normalized spacial score (nSPS) is 17.0. The first-order chi connectivity index (χ1) is 15.6. The molecule has 0 aliphatic carbocycles. The zero-order valence-electron chi connectivity index (χ0n) is 17.8. The minimum absolute atomic E-state index is 0.113. The lowest BCUT2D eigenvalue weighted by molar-refractivity contribution is 0.167. The van der Waals surface area contributed by atoms with Gasteiger partial charge in [0.2, 0.25) is 6.79 Å². The van der Waals surface area contributed by atoms with Gasteiger partial charge in [-0.25, -0.2) is 4.39 Å². The van der Waals surface area contributed by atoms with Crippen LogP contribution in [-0.4, -0.2) is 39.5 Å². The molecule has 2 aliphatic heterocycles. The van der Waals surface area contributed by atoms with E-state index in [9.17, 15) is 4.39 Å². The van der Waals surface area contributed by atoms with E-state index in [1.54, 1.807) is 23.9 Å². The third-order valence-electron chi connectivity index (χ3n) is 5.91. The van der Waals surface area contributed by atoms with Crippen LogP contribution in [0.2, 0.25) is 5.02 Å². The lowest BCUT2D eigenvalue weighted by Gasteiger charge is -2.31. The number of nitrogens with zero attached hydrogens (tertiary/aromatic N) is 4. The van der Waals surface area contributed by atoms with E-state index in [0.717, 1.165) is 35.3 Å². The maximum Gasteiger partial charge on any atom is 0.231 e. The molecule has 1 atom stereocenters. The number of ether oxygens (including phenoxy) is 2. The number of rotatable bonds is 6. The van der Waals surface area contributed by atoms with Crippen molar-refractivity contribution in [3.8, 4) is 17.2 Å². The molecule has 0 radical (unpaired) electrons. The van der Waals surface area contributed by atoms with Gasteiger partial charge < -0.3 is 9.47 Å². The second kappa shape index (κ2) is 9.29. The highest BCUT2D eigenvalue weighted by atomic mass is 35.5. The minimum Gasteiger partial charge on any atom is -0.454 e. The number of hydrogen-bond acceptors (Lipinski definition) is 6. The summed E-state index contributed by atoms with van der Waals surface area (Å²) in [6.45, 7) is 4.45. The zero-order valence-corrected chi connectivity index (χ0v) is 19.3. The molecule has 5 rings (SSSR count). The van der Waals surface area contributed by atoms with Gasteiger partial charge >= 0.3 is 0 Å². The van der Waals surface area contributed by atoms with Crippen molar-refractivity contribution >= 4 is 23.4 Å². The molecule has 0 saturated carbocycles. The Labute approximate surface area is 195 Å². The van der Waals surface area contributed by atoms with Crippen LogP contribution in [0.1, 0.15) is 43.6 Å². The van der Waals surface area contributed by atoms with Crippen molar-refractivity contribution in [2.45, 2.75) is 43.1 Å². The Kier molecular flexibility index (Phi) is 6.26. The van der Waals surface area contributed by atoms with E-state index in [2.05, 4.69) is 22.0 Å². The number of piperidine rings is 1. The first kappa shape index (κ1) is 21.6. The molecule has 1 aromatic heterocycles. The first-order valence-electron chi connectivity index (χ1n) is 10.8. The summed E-state index contributed by atoms with van der Waals surface area (Å²) >= 11 is 7.90. The van der Waals surface area contributed by atoms with E-state index in [1.165, 1.54) is 31.4 Å². The van der Waals surface area contributed by atoms with E-state index in [1.807, 2.05) is 16.7 Å². The lowest BCUT2D eigenvalue weighted by atomic mass is 10.1. The molecule has 3 heterocycles. The predicted molar refractivity (Wildman–Crippen MR) is 122 cm³/mol. The van der Waals surface area contributed by atoms with Crippen LogP contribution in [0, 0.1) is 5.82 Å². The molecule has 9 heteroatoms. The maximum atomic E-state index is 13.6. The van der Waals surface area contributed by atoms with Crippen molar-refractivity contribution in [2.75, 3.05) is 19.9 Å². The van der Waals surface area contributed by atoms with E-state index < -0.39 is 0 Å². The summed E-state index contributed by atoms with van der Waals surface area (Å²) in [6, 6.07) is 10.4. The molecule has 3 aromatic rings. The van der Waals surface area contributed by atoms with Crippen LogP contribution in [0.25, 0.3) is 5.69 Å². The standard InChI is InChI=1S/C23H24ClFN4O2S/c1-15(28-9-3-2-4-10-28)22-26-27-23(29(22)18-7-5-17(25)6-8-18)32-13-16-11-19(24)21-20(12-16)30-14-31-21/h5-8,11-12,15H,2-4,9-10,13-14H2,1H3. The molecule has 0 bridgehead atoms. The van der Waals surface area contributed by atoms with Gasteiger partial charge in [-0.1, -0.05) is 29.8 Å². The summed E-state index contributed by atoms with van der Waals surface area (Å²) in [5.41, 5.74) is 1.85. The van der Waals surface area contributed by atoms with Crippen LogP contribution >= 0.6 is 23.4 Å².